The van der Waals surface area contributed by atoms with Crippen LogP contribution in [0.2, 0.25) is 0 Å². The fourth-order valence-electron chi connectivity index (χ4n) is 2.72. The highest BCUT2D eigenvalue weighted by atomic mass is 32.1. The van der Waals surface area contributed by atoms with E-state index in [1.165, 1.54) is 34.0 Å². The molecule has 118 valence electrons. The Morgan fingerprint density at radius 1 is 1.23 bits per heavy atom. The molecule has 2 atom stereocenters. The summed E-state index contributed by atoms with van der Waals surface area (Å²) in [4.78, 5) is 6.27. The number of aromatic nitrogens is 1. The van der Waals surface area contributed by atoms with Gasteiger partial charge in [-0.2, -0.15) is 0 Å². The molecule has 0 spiro atoms. The summed E-state index contributed by atoms with van der Waals surface area (Å²) in [6.45, 7) is 7.19. The van der Waals surface area contributed by atoms with Crippen molar-refractivity contribution in [3.63, 3.8) is 0 Å². The molecule has 0 unspecified atom stereocenters. The first kappa shape index (κ1) is 15.5. The lowest BCUT2D eigenvalue weighted by molar-refractivity contribution is 0.212. The number of nitrogens with zero attached hydrogens (tertiary/aromatic N) is 1. The first-order chi connectivity index (χ1) is 10.6. The average molecular weight is 316 g/mol. The Balaban J connectivity index is 1.49. The highest BCUT2D eigenvalue weighted by Crippen LogP contribution is 2.30. The van der Waals surface area contributed by atoms with Gasteiger partial charge in [0.15, 0.2) is 0 Å². The molecule has 4 heteroatoms. The van der Waals surface area contributed by atoms with Gasteiger partial charge in [-0.25, -0.2) is 4.98 Å². The Bertz CT molecular complexity index is 599. The molecule has 0 bridgehead atoms. The first-order valence-electron chi connectivity index (χ1n) is 8.07. The summed E-state index contributed by atoms with van der Waals surface area (Å²) in [6.07, 6.45) is 3.78. The summed E-state index contributed by atoms with van der Waals surface area (Å²) in [6, 6.07) is 8.51. The molecule has 1 aromatic heterocycles. The molecule has 0 aliphatic heterocycles. The summed E-state index contributed by atoms with van der Waals surface area (Å²) in [5.41, 5.74) is 2.58. The highest BCUT2D eigenvalue weighted by Gasteiger charge is 2.19. The Hall–Kier alpha value is -1.39. The van der Waals surface area contributed by atoms with Gasteiger partial charge in [-0.15, -0.1) is 11.3 Å². The minimum atomic E-state index is 0.136. The lowest BCUT2D eigenvalue weighted by Gasteiger charge is -2.18. The standard InChI is InChI=1S/C18H24N2OS/c1-12-7-9-15(10-8-12)21-13(2)11-19-14(3)18-20-16-5-4-6-17(16)22-18/h7-10,13-14,19H,4-6,11H2,1-3H3/t13-,14-/m1/s1. The summed E-state index contributed by atoms with van der Waals surface area (Å²) in [5, 5.41) is 4.76. The largest absolute Gasteiger partial charge is 0.489 e. The predicted molar refractivity (Wildman–Crippen MR) is 91.8 cm³/mol. The van der Waals surface area contributed by atoms with Crippen LogP contribution in [0.4, 0.5) is 0 Å². The molecule has 2 aromatic rings. The maximum atomic E-state index is 5.94. The van der Waals surface area contributed by atoms with E-state index in [0.717, 1.165) is 18.7 Å². The summed E-state index contributed by atoms with van der Waals surface area (Å²) in [5.74, 6) is 0.931. The predicted octanol–water partition coefficient (Wildman–Crippen LogP) is 4.06. The van der Waals surface area contributed by atoms with Crippen LogP contribution < -0.4 is 10.1 Å². The van der Waals surface area contributed by atoms with Crippen LogP contribution in [0.3, 0.4) is 0 Å². The molecule has 1 aliphatic carbocycles. The SMILES string of the molecule is Cc1ccc(O[C@H](C)CN[C@H](C)c2nc3c(s2)CCC3)cc1. The van der Waals surface area contributed by atoms with E-state index in [2.05, 4.69) is 38.2 Å². The Labute approximate surface area is 136 Å². The normalized spacial score (nSPS) is 16.3. The Kier molecular flexibility index (Phi) is 4.79. The van der Waals surface area contributed by atoms with E-state index >= 15 is 0 Å². The van der Waals surface area contributed by atoms with Crippen molar-refractivity contribution >= 4 is 11.3 Å². The van der Waals surface area contributed by atoms with Crippen molar-refractivity contribution in [1.29, 1.82) is 0 Å². The zero-order valence-electron chi connectivity index (χ0n) is 13.6. The van der Waals surface area contributed by atoms with Gasteiger partial charge in [-0.3, -0.25) is 0 Å². The minimum Gasteiger partial charge on any atom is -0.489 e. The van der Waals surface area contributed by atoms with E-state index in [1.807, 2.05) is 23.5 Å². The zero-order chi connectivity index (χ0) is 15.5. The van der Waals surface area contributed by atoms with Gasteiger partial charge in [0.2, 0.25) is 0 Å². The summed E-state index contributed by atoms with van der Waals surface area (Å²) < 4.78 is 5.94. The molecular weight excluding hydrogens is 292 g/mol. The molecular formula is C18H24N2OS. The number of nitrogens with one attached hydrogen (secondary N) is 1. The van der Waals surface area contributed by atoms with Gasteiger partial charge < -0.3 is 10.1 Å². The third-order valence-electron chi connectivity index (χ3n) is 4.05. The number of ether oxygens (including phenoxy) is 1. The van der Waals surface area contributed by atoms with Gasteiger partial charge in [0, 0.05) is 11.4 Å². The van der Waals surface area contributed by atoms with Crippen molar-refractivity contribution in [1.82, 2.24) is 10.3 Å². The molecule has 0 amide bonds. The van der Waals surface area contributed by atoms with Crippen molar-refractivity contribution in [3.05, 3.63) is 45.4 Å². The molecule has 1 N–H and O–H groups in total. The molecule has 0 saturated heterocycles. The van der Waals surface area contributed by atoms with Gasteiger partial charge in [0.05, 0.1) is 11.7 Å². The van der Waals surface area contributed by atoms with Gasteiger partial charge in [0.25, 0.3) is 0 Å². The third-order valence-corrected chi connectivity index (χ3v) is 5.39. The summed E-state index contributed by atoms with van der Waals surface area (Å²) >= 11 is 1.87. The van der Waals surface area contributed by atoms with Crippen LogP contribution >= 0.6 is 11.3 Å². The van der Waals surface area contributed by atoms with E-state index in [9.17, 15) is 0 Å². The molecule has 22 heavy (non-hydrogen) atoms. The number of aryl methyl sites for hydroxylation is 3. The number of benzene rings is 1. The van der Waals surface area contributed by atoms with E-state index in [4.69, 9.17) is 9.72 Å². The van der Waals surface area contributed by atoms with Crippen LogP contribution in [0.5, 0.6) is 5.75 Å². The fraction of sp³-hybridized carbons (Fsp3) is 0.500. The van der Waals surface area contributed by atoms with E-state index in [0.29, 0.717) is 6.04 Å². The van der Waals surface area contributed by atoms with Crippen molar-refractivity contribution in [2.24, 2.45) is 0 Å². The van der Waals surface area contributed by atoms with Crippen LogP contribution in [0.1, 0.15) is 47.5 Å². The second kappa shape index (κ2) is 6.80. The van der Waals surface area contributed by atoms with Crippen molar-refractivity contribution in [3.8, 4) is 5.75 Å². The topological polar surface area (TPSA) is 34.1 Å². The average Bonchev–Trinajstić information content (AvgIpc) is 3.08. The maximum absolute atomic E-state index is 5.94. The van der Waals surface area contributed by atoms with Gasteiger partial charge in [-0.1, -0.05) is 17.7 Å². The minimum absolute atomic E-state index is 0.136. The molecule has 1 heterocycles. The first-order valence-corrected chi connectivity index (χ1v) is 8.88. The van der Waals surface area contributed by atoms with Crippen LogP contribution in [-0.2, 0) is 12.8 Å². The quantitative estimate of drug-likeness (QED) is 0.872. The molecule has 0 saturated carbocycles. The summed E-state index contributed by atoms with van der Waals surface area (Å²) in [7, 11) is 0. The van der Waals surface area contributed by atoms with E-state index in [-0.39, 0.29) is 6.10 Å². The molecule has 1 aliphatic rings. The second-order valence-electron chi connectivity index (χ2n) is 6.15. The van der Waals surface area contributed by atoms with Gasteiger partial charge >= 0.3 is 0 Å². The third kappa shape index (κ3) is 3.68. The molecule has 1 aromatic carbocycles. The van der Waals surface area contributed by atoms with Crippen molar-refractivity contribution in [2.45, 2.75) is 52.2 Å². The lowest BCUT2D eigenvalue weighted by Crippen LogP contribution is -2.30. The number of rotatable bonds is 6. The van der Waals surface area contributed by atoms with Crippen LogP contribution in [-0.4, -0.2) is 17.6 Å². The maximum Gasteiger partial charge on any atom is 0.119 e. The van der Waals surface area contributed by atoms with Crippen LogP contribution in [0.15, 0.2) is 24.3 Å². The second-order valence-corrected chi connectivity index (χ2v) is 7.26. The van der Waals surface area contributed by atoms with Gasteiger partial charge in [0.1, 0.15) is 16.9 Å². The number of fused-ring (bicyclic) bond motifs is 1. The Morgan fingerprint density at radius 3 is 2.73 bits per heavy atom. The monoisotopic (exact) mass is 316 g/mol. The molecule has 3 rings (SSSR count). The van der Waals surface area contributed by atoms with E-state index < -0.39 is 0 Å². The fourth-order valence-corrected chi connectivity index (χ4v) is 3.90. The van der Waals surface area contributed by atoms with Crippen molar-refractivity contribution < 1.29 is 4.74 Å². The Morgan fingerprint density at radius 2 is 2.00 bits per heavy atom. The van der Waals surface area contributed by atoms with Crippen LogP contribution in [0, 0.1) is 6.92 Å². The number of hydrogen-bond donors (Lipinski definition) is 1. The smallest absolute Gasteiger partial charge is 0.119 e. The van der Waals surface area contributed by atoms with Gasteiger partial charge in [-0.05, 0) is 52.2 Å². The number of thiazole rings is 1. The molecule has 3 nitrogen and oxygen atoms in total. The number of hydrogen-bond acceptors (Lipinski definition) is 4. The zero-order valence-corrected chi connectivity index (χ0v) is 14.4. The van der Waals surface area contributed by atoms with Crippen LogP contribution in [0.25, 0.3) is 0 Å². The lowest BCUT2D eigenvalue weighted by atomic mass is 10.2. The highest BCUT2D eigenvalue weighted by molar-refractivity contribution is 7.11. The van der Waals surface area contributed by atoms with E-state index in [1.54, 1.807) is 0 Å². The molecule has 0 radical (unpaired) electrons. The molecule has 0 fully saturated rings. The van der Waals surface area contributed by atoms with Crippen molar-refractivity contribution in [2.75, 3.05) is 6.54 Å².